The molecule has 54 heteroatoms. The fraction of sp³-hybridized carbons (Fsp3) is 0.533. The molecule has 0 bridgehead atoms. The van der Waals surface area contributed by atoms with Crippen LogP contribution in [0.1, 0.15) is 101 Å². The van der Waals surface area contributed by atoms with Crippen molar-refractivity contribution >= 4 is 292 Å². The summed E-state index contributed by atoms with van der Waals surface area (Å²) in [6, 6.07) is 7.32. The molecule has 12 atom stereocenters. The second-order valence-electron chi connectivity index (χ2n) is 25.7. The number of nitro groups is 2. The monoisotopic (exact) mass is 2030 g/mol. The maximum atomic E-state index is 13.3. The number of aliphatic hydroxyl groups excluding tert-OH is 1. The minimum absolute atomic E-state index is 0. The van der Waals surface area contributed by atoms with Gasteiger partial charge >= 0.3 is 42.0 Å². The summed E-state index contributed by atoms with van der Waals surface area (Å²) in [6.45, 7) is 21.3. The molecule has 6 fully saturated rings. The number of hydrogen-bond acceptors (Lipinski definition) is 25. The molecule has 3 saturated heterocycles. The summed E-state index contributed by atoms with van der Waals surface area (Å²) in [4.78, 5) is 148. The molecule has 2 aromatic carbocycles. The molecule has 3 aliphatic heterocycles. The van der Waals surface area contributed by atoms with E-state index < -0.39 is 128 Å². The smallest absolute Gasteiger partial charge is 0.411 e. The number of β-amino-alcohol motifs (C(OH)–C–C–N with tert-alkyl or cyclic N) is 1. The standard InChI is InChI=1S/C24H29N3O9.C19H21N3O7.C17H26N2O6.ClH.S23/c1-6-15-12-24(15,21(30)34-5)25-19(28)18-11-17(13-26(18)22(31)36-23(2,3)4)35-20(29)14-7-9-16(10-8-14)27(32)33;1-3-12-9-19(12,18(25)28-2)21-16(23)15-8-14(10-20-15)29-17(24)11-4-6-13(7-5-11)22(26)27;1-6-10-8-17(10,14(22)24-5)18-13(21)12-7-11(20)9-19(12)15(23)25-16(2,3)4;;1-3-5-7-9-11-13-15-17-19-21-23-22-20-18-16-14-12-10-8-6-4-2/h6-10,15,17-18H,1,11-13H2,2-5H3,(H,25,28);3-7,12,14-15,20H,1,8-10H2,2H3,(H,21,23);6,10-12,20H,1,7-9H2,2-5H3,(H,18,21);1H;/t15-,17+,18+,24-;12-,14+,15+,19-;10-,11+,12+,17-;;/m111../s1. The van der Waals surface area contributed by atoms with Gasteiger partial charge in [-0.15, -0.1) is 32.1 Å². The fourth-order valence-electron chi connectivity index (χ4n) is 10.8. The van der Waals surface area contributed by atoms with Gasteiger partial charge in [-0.05, 0) is 85.1 Å². The van der Waals surface area contributed by atoms with Crippen molar-refractivity contribution in [1.82, 2.24) is 31.1 Å². The van der Waals surface area contributed by atoms with Gasteiger partial charge in [0.15, 0.2) is 0 Å². The molecule has 3 saturated carbocycles. The van der Waals surface area contributed by atoms with Gasteiger partial charge in [0.1, 0.15) is 52.1 Å². The molecule has 0 radical (unpaired) electrons. The Morgan fingerprint density at radius 2 is 0.807 bits per heavy atom. The molecule has 6 aliphatic rings. The van der Waals surface area contributed by atoms with Crippen LogP contribution in [-0.4, -0.2) is 190 Å². The van der Waals surface area contributed by atoms with Gasteiger partial charge in [-0.2, -0.15) is 0 Å². The number of nitrogens with one attached hydrogen (secondary N) is 4. The predicted octanol–water partition coefficient (Wildman–Crippen LogP) is 4.04. The van der Waals surface area contributed by atoms with Crippen LogP contribution in [0.2, 0.25) is 0 Å². The Morgan fingerprint density at radius 1 is 0.500 bits per heavy atom. The zero-order valence-electron chi connectivity index (χ0n) is 61.1. The lowest BCUT2D eigenvalue weighted by atomic mass is 10.1. The predicted molar refractivity (Wildman–Crippen MR) is 490 cm³/mol. The van der Waals surface area contributed by atoms with E-state index in [1.54, 1.807) is 202 Å². The molecule has 5 N–H and O–H groups in total. The van der Waals surface area contributed by atoms with Crippen LogP contribution in [0.15, 0.2) is 86.5 Å². The van der Waals surface area contributed by atoms with Crippen LogP contribution >= 0.6 is 12.4 Å². The van der Waals surface area contributed by atoms with Gasteiger partial charge < -0.3 is 59.5 Å². The maximum absolute atomic E-state index is 13.3. The molecule has 0 aromatic heterocycles. The fourth-order valence-corrected chi connectivity index (χ4v) is 62.9. The molecule has 114 heavy (non-hydrogen) atoms. The first kappa shape index (κ1) is 102. The van der Waals surface area contributed by atoms with E-state index in [-0.39, 0.29) is 97.5 Å². The van der Waals surface area contributed by atoms with E-state index in [1.807, 2.05) is 26.6 Å². The SMILES string of the molecule is C=C[C@@H]1C[C@]1(NC(=O)[C@@H]1C[C@H](O)CN1C(=O)OC(C)(C)C)C(=O)OC.C=C[C@@H]1C[C@]1(NC(=O)[C@@H]1C[C@H](OC(=O)c2ccc([N+](=O)[O-])cc2)CN1)C(=O)OC.C=C[C@@H]1C[C@]1(NC(=O)[C@@H]1C[C@H](OC(=O)c2ccc([N+](=O)[O-])cc2)CN1C(=O)OC(C)(C)C)C(=O)OC.Cl.S=S=S=S=S=S=S=S=S=S=S=S=S=S=S=S=S=S=S=S=S=S=S. The molecular formula is C60H77ClN8O22S23. The average molecular weight is 2040 g/mol. The third-order valence-corrected chi connectivity index (χ3v) is 60.6. The van der Waals surface area contributed by atoms with Gasteiger partial charge in [-0.3, -0.25) is 44.4 Å². The van der Waals surface area contributed by atoms with Gasteiger partial charge in [0.25, 0.3) is 11.4 Å². The van der Waals surface area contributed by atoms with Crippen LogP contribution in [0.25, 0.3) is 0 Å². The molecule has 634 valence electrons. The number of rotatable bonds is 18. The van der Waals surface area contributed by atoms with Crippen molar-refractivity contribution in [3.8, 4) is 0 Å². The number of likely N-dealkylation sites (tertiary alicyclic amines) is 2. The van der Waals surface area contributed by atoms with Crippen molar-refractivity contribution < 1.29 is 96.1 Å². The second kappa shape index (κ2) is 50.3. The molecule has 0 spiro atoms. The third kappa shape index (κ3) is 32.5. The lowest BCUT2D eigenvalue weighted by Crippen LogP contribution is -2.53. The van der Waals surface area contributed by atoms with E-state index in [0.29, 0.717) is 19.3 Å². The van der Waals surface area contributed by atoms with Crippen LogP contribution in [0, 0.1) is 38.0 Å². The number of nitro benzene ring substituents is 2. The van der Waals surface area contributed by atoms with E-state index in [2.05, 4.69) is 41.0 Å². The quantitative estimate of drug-likeness (QED) is 0.0462. The first-order valence-electron chi connectivity index (χ1n) is 32.2. The topological polar surface area (TPSA) is 396 Å². The highest BCUT2D eigenvalue weighted by molar-refractivity contribution is 8.78. The van der Waals surface area contributed by atoms with Gasteiger partial charge in [0, 0.05) is 277 Å². The third-order valence-electron chi connectivity index (χ3n) is 16.1. The first-order chi connectivity index (χ1) is 53.6. The minimum Gasteiger partial charge on any atom is -0.467 e. The number of benzene rings is 2. The Morgan fingerprint density at radius 3 is 1.11 bits per heavy atom. The number of amides is 5. The number of esters is 5. The molecule has 0 unspecified atom stereocenters. The van der Waals surface area contributed by atoms with Crippen LogP contribution in [0.3, 0.4) is 0 Å². The first-order valence-corrected chi connectivity index (χ1v) is 61.6. The van der Waals surface area contributed by atoms with Crippen LogP contribution in [-0.2, 0) is 271 Å². The Balaban J connectivity index is 0.000000324. The second-order valence-corrected chi connectivity index (χ2v) is 62.9. The number of aliphatic hydroxyl groups is 1. The highest BCUT2D eigenvalue weighted by Gasteiger charge is 2.64. The van der Waals surface area contributed by atoms with Gasteiger partial charge in [0.05, 0.1) is 67.5 Å². The number of non-ortho nitro benzene ring substituents is 2. The number of carbonyl (C=O) groups is 10. The van der Waals surface area contributed by atoms with Crippen molar-refractivity contribution in [2.75, 3.05) is 41.0 Å². The normalized spacial score (nSPS) is 23.2. The summed E-state index contributed by atoms with van der Waals surface area (Å²) in [6.07, 6.45) is 2.48. The summed E-state index contributed by atoms with van der Waals surface area (Å²) in [5, 5.41) is 42.5. The lowest BCUT2D eigenvalue weighted by Gasteiger charge is -2.28. The molecule has 3 heterocycles. The Labute approximate surface area is 731 Å². The van der Waals surface area contributed by atoms with Crippen LogP contribution < -0.4 is 21.3 Å². The molecule has 2 aromatic rings. The summed E-state index contributed by atoms with van der Waals surface area (Å²) >= 11 is 9.54. The summed E-state index contributed by atoms with van der Waals surface area (Å²) in [5.74, 6) is -5.32. The molecule has 8 rings (SSSR count). The molecule has 5 amide bonds. The van der Waals surface area contributed by atoms with E-state index in [9.17, 15) is 73.3 Å². The van der Waals surface area contributed by atoms with Crippen molar-refractivity contribution in [1.29, 1.82) is 0 Å². The Hall–Kier alpha value is -3.97. The Bertz CT molecular complexity index is 4990. The number of nitrogens with zero attached hydrogens (tertiary/aromatic N) is 4. The zero-order valence-corrected chi connectivity index (χ0v) is 80.7. The summed E-state index contributed by atoms with van der Waals surface area (Å²) < 4.78 is 36.0. The number of hydrogen-bond donors (Lipinski definition) is 5. The van der Waals surface area contributed by atoms with Crippen molar-refractivity contribution in [2.24, 2.45) is 17.8 Å². The van der Waals surface area contributed by atoms with E-state index in [1.165, 1.54) is 92.5 Å². The molecule has 3 aliphatic carbocycles. The number of methoxy groups -OCH3 is 3. The van der Waals surface area contributed by atoms with Crippen molar-refractivity contribution in [2.45, 2.75) is 144 Å². The van der Waals surface area contributed by atoms with E-state index >= 15 is 0 Å². The number of carbonyl (C=O) groups excluding carboxylic acids is 10. The Kier molecular flexibility index (Phi) is 45.2. The van der Waals surface area contributed by atoms with E-state index in [0.717, 1.165) is 4.90 Å². The number of ether oxygens (including phenoxy) is 7. The zero-order chi connectivity index (χ0) is 83.9. The number of halogens is 1. The van der Waals surface area contributed by atoms with Gasteiger partial charge in [0.2, 0.25) is 17.7 Å². The average Bonchev–Trinajstić information content (AvgIpc) is 1.59. The summed E-state index contributed by atoms with van der Waals surface area (Å²) in [5.41, 5.74) is -5.10. The largest absolute Gasteiger partial charge is 0.467 e. The van der Waals surface area contributed by atoms with Crippen molar-refractivity contribution in [3.63, 3.8) is 0 Å². The van der Waals surface area contributed by atoms with Gasteiger partial charge in [-0.1, -0.05) is 18.2 Å². The molecule has 30 nitrogen and oxygen atoms in total. The van der Waals surface area contributed by atoms with E-state index in [4.69, 9.17) is 55.5 Å². The lowest BCUT2D eigenvalue weighted by molar-refractivity contribution is -0.385. The van der Waals surface area contributed by atoms with Crippen LogP contribution in [0.5, 0.6) is 0 Å². The van der Waals surface area contributed by atoms with Crippen LogP contribution in [0.4, 0.5) is 21.0 Å². The van der Waals surface area contributed by atoms with Crippen molar-refractivity contribution in [3.05, 3.63) is 118 Å². The summed E-state index contributed by atoms with van der Waals surface area (Å²) in [7, 11) is 40.0. The highest BCUT2D eigenvalue weighted by atomic mass is 35.5. The minimum atomic E-state index is -1.26. The molecular weight excluding hydrogens is 1960 g/mol. The maximum Gasteiger partial charge on any atom is 0.411 e. The highest BCUT2D eigenvalue weighted by Crippen LogP contribution is 2.48. The van der Waals surface area contributed by atoms with Gasteiger partial charge in [-0.25, -0.2) is 33.6 Å².